The highest BCUT2D eigenvalue weighted by Gasteiger charge is 2.59. The van der Waals surface area contributed by atoms with Crippen molar-refractivity contribution in [2.24, 2.45) is 52.1 Å². The summed E-state index contributed by atoms with van der Waals surface area (Å²) in [7, 11) is 0. The molecule has 0 amide bonds. The molecule has 5 heteroatoms. The van der Waals surface area contributed by atoms with Crippen LogP contribution in [0.2, 0.25) is 0 Å². The minimum Gasteiger partial charge on any atom is -0.461 e. The average Bonchev–Trinajstić information content (AvgIpc) is 3.51. The molecule has 5 rings (SSSR count). The summed E-state index contributed by atoms with van der Waals surface area (Å²) >= 11 is 0. The molecular formula is C33H53N3O2. The van der Waals surface area contributed by atoms with E-state index in [-0.39, 0.29) is 17.5 Å². The summed E-state index contributed by atoms with van der Waals surface area (Å²) in [4.78, 5) is 19.8. The molecule has 1 heterocycles. The number of imidazole rings is 1. The van der Waals surface area contributed by atoms with Crippen molar-refractivity contribution in [2.75, 3.05) is 0 Å². The number of hydrogen-bond acceptors (Lipinski definition) is 4. The number of H-pyrrole nitrogens is 1. The van der Waals surface area contributed by atoms with Gasteiger partial charge in [0.1, 0.15) is 12.1 Å². The third-order valence-corrected chi connectivity index (χ3v) is 11.8. The minimum absolute atomic E-state index is 0.0393. The van der Waals surface area contributed by atoms with Crippen LogP contribution in [0.15, 0.2) is 24.2 Å². The summed E-state index contributed by atoms with van der Waals surface area (Å²) < 4.78 is 5.97. The first kappa shape index (κ1) is 27.9. The van der Waals surface area contributed by atoms with Gasteiger partial charge in [-0.05, 0) is 91.3 Å². The van der Waals surface area contributed by atoms with Crippen molar-refractivity contribution in [3.05, 3.63) is 29.9 Å². The van der Waals surface area contributed by atoms with E-state index in [0.29, 0.717) is 11.8 Å². The van der Waals surface area contributed by atoms with Crippen molar-refractivity contribution in [2.45, 2.75) is 124 Å². The van der Waals surface area contributed by atoms with Gasteiger partial charge in [-0.15, -0.1) is 0 Å². The standard InChI is InChI=1S/C33H53N3O2/c1-21(2)7-6-8-22(3)27-11-12-28-26-10-9-23-17-25(38-31(37)30(34)18-24-19-35-20-36-24)13-15-32(23,4)29(26)14-16-33(27,28)5/h9,19-22,25-30H,6-8,10-18,34H2,1-5H3,(H,35,36)/t22-,25+,26+,27-,28+,29+,30+,32+,33-/m1/s1. The van der Waals surface area contributed by atoms with E-state index in [4.69, 9.17) is 10.5 Å². The van der Waals surface area contributed by atoms with Crippen LogP contribution in [0, 0.1) is 46.3 Å². The van der Waals surface area contributed by atoms with Crippen LogP contribution in [-0.2, 0) is 16.0 Å². The number of nitrogens with zero attached hydrogens (tertiary/aromatic N) is 1. The fourth-order valence-electron chi connectivity index (χ4n) is 9.72. The van der Waals surface area contributed by atoms with E-state index in [1.54, 1.807) is 18.1 Å². The lowest BCUT2D eigenvalue weighted by Gasteiger charge is -2.58. The number of hydrogen-bond donors (Lipinski definition) is 2. The van der Waals surface area contributed by atoms with Gasteiger partial charge in [0.15, 0.2) is 0 Å². The number of aromatic nitrogens is 2. The Morgan fingerprint density at radius 2 is 1.95 bits per heavy atom. The van der Waals surface area contributed by atoms with Crippen LogP contribution in [0.3, 0.4) is 0 Å². The first-order chi connectivity index (χ1) is 18.1. The number of fused-ring (bicyclic) bond motifs is 5. The topological polar surface area (TPSA) is 81.0 Å². The first-order valence-electron chi connectivity index (χ1n) is 15.7. The second-order valence-corrected chi connectivity index (χ2v) is 14.5. The Balaban J connectivity index is 1.21. The molecule has 3 fully saturated rings. The number of carbonyl (C=O) groups excluding carboxylic acids is 1. The highest BCUT2D eigenvalue weighted by atomic mass is 16.5. The number of nitrogens with one attached hydrogen (secondary N) is 1. The Morgan fingerprint density at radius 1 is 1.13 bits per heavy atom. The molecule has 38 heavy (non-hydrogen) atoms. The SMILES string of the molecule is CC(C)CCC[C@@H](C)[C@H]1CC[C@H]2[C@@H]3CC=C4C[C@@H](OC(=O)[C@@H](N)Cc5cnc[nH]5)CC[C@]4(C)[C@H]3CC[C@]12C. The van der Waals surface area contributed by atoms with E-state index >= 15 is 0 Å². The summed E-state index contributed by atoms with van der Waals surface area (Å²) in [5.74, 6) is 4.80. The van der Waals surface area contributed by atoms with Gasteiger partial charge < -0.3 is 15.5 Å². The van der Waals surface area contributed by atoms with Gasteiger partial charge in [0.25, 0.3) is 0 Å². The van der Waals surface area contributed by atoms with Gasteiger partial charge in [-0.25, -0.2) is 4.98 Å². The molecule has 9 atom stereocenters. The molecule has 0 aliphatic heterocycles. The van der Waals surface area contributed by atoms with Crippen LogP contribution in [-0.4, -0.2) is 28.1 Å². The number of ether oxygens (including phenoxy) is 1. The molecule has 0 unspecified atom stereocenters. The lowest BCUT2D eigenvalue weighted by atomic mass is 9.47. The largest absolute Gasteiger partial charge is 0.461 e. The monoisotopic (exact) mass is 523 g/mol. The quantitative estimate of drug-likeness (QED) is 0.264. The fraction of sp³-hybridized carbons (Fsp3) is 0.818. The highest BCUT2D eigenvalue weighted by molar-refractivity contribution is 5.76. The maximum Gasteiger partial charge on any atom is 0.323 e. The zero-order valence-corrected chi connectivity index (χ0v) is 24.7. The molecule has 212 valence electrons. The van der Waals surface area contributed by atoms with Gasteiger partial charge in [0.2, 0.25) is 0 Å². The molecule has 0 bridgehead atoms. The van der Waals surface area contributed by atoms with Gasteiger partial charge in [0, 0.05) is 24.7 Å². The van der Waals surface area contributed by atoms with E-state index in [2.05, 4.69) is 50.7 Å². The number of carbonyl (C=O) groups is 1. The molecule has 4 aliphatic rings. The average molecular weight is 524 g/mol. The van der Waals surface area contributed by atoms with Gasteiger partial charge >= 0.3 is 5.97 Å². The van der Waals surface area contributed by atoms with E-state index in [1.165, 1.54) is 51.4 Å². The fourth-order valence-corrected chi connectivity index (χ4v) is 9.72. The zero-order chi connectivity index (χ0) is 27.1. The molecule has 0 saturated heterocycles. The Bertz CT molecular complexity index is 986. The van der Waals surface area contributed by atoms with Crippen LogP contribution in [0.4, 0.5) is 0 Å². The van der Waals surface area contributed by atoms with Crippen LogP contribution in [0.5, 0.6) is 0 Å². The van der Waals surface area contributed by atoms with Gasteiger partial charge in [-0.1, -0.05) is 65.5 Å². The molecule has 4 aliphatic carbocycles. The molecule has 0 spiro atoms. The molecule has 0 radical (unpaired) electrons. The molecule has 0 aromatic carbocycles. The van der Waals surface area contributed by atoms with E-state index in [1.807, 2.05) is 0 Å². The second-order valence-electron chi connectivity index (χ2n) is 14.5. The van der Waals surface area contributed by atoms with E-state index < -0.39 is 6.04 Å². The van der Waals surface area contributed by atoms with Crippen molar-refractivity contribution in [1.82, 2.24) is 9.97 Å². The summed E-state index contributed by atoms with van der Waals surface area (Å²) in [6.45, 7) is 12.5. The van der Waals surface area contributed by atoms with Crippen molar-refractivity contribution >= 4 is 5.97 Å². The number of esters is 1. The Morgan fingerprint density at radius 3 is 2.68 bits per heavy atom. The van der Waals surface area contributed by atoms with Crippen molar-refractivity contribution < 1.29 is 9.53 Å². The first-order valence-corrected chi connectivity index (χ1v) is 15.7. The minimum atomic E-state index is -0.646. The molecule has 1 aromatic heterocycles. The number of aromatic amines is 1. The lowest BCUT2D eigenvalue weighted by Crippen LogP contribution is -2.51. The molecule has 5 nitrogen and oxygen atoms in total. The number of nitrogens with two attached hydrogens (primary N) is 1. The van der Waals surface area contributed by atoms with Gasteiger partial charge in [0.05, 0.1) is 6.33 Å². The van der Waals surface area contributed by atoms with E-state index in [0.717, 1.165) is 60.5 Å². The highest BCUT2D eigenvalue weighted by Crippen LogP contribution is 2.67. The summed E-state index contributed by atoms with van der Waals surface area (Å²) in [6.07, 6.45) is 20.4. The van der Waals surface area contributed by atoms with Crippen LogP contribution in [0.25, 0.3) is 0 Å². The summed E-state index contributed by atoms with van der Waals surface area (Å²) in [5, 5.41) is 0. The van der Waals surface area contributed by atoms with E-state index in [9.17, 15) is 4.79 Å². The predicted molar refractivity (Wildman–Crippen MR) is 153 cm³/mol. The van der Waals surface area contributed by atoms with Crippen LogP contribution in [0.1, 0.15) is 111 Å². The summed E-state index contributed by atoms with van der Waals surface area (Å²) in [6, 6.07) is -0.646. The maximum absolute atomic E-state index is 12.7. The Hall–Kier alpha value is -1.62. The van der Waals surface area contributed by atoms with Crippen molar-refractivity contribution in [3.63, 3.8) is 0 Å². The summed E-state index contributed by atoms with van der Waals surface area (Å²) in [5.41, 5.74) is 9.39. The molecule has 3 N–H and O–H groups in total. The zero-order valence-electron chi connectivity index (χ0n) is 24.7. The molecule has 1 aromatic rings. The molecular weight excluding hydrogens is 470 g/mol. The Labute approximate surface area is 231 Å². The van der Waals surface area contributed by atoms with Crippen LogP contribution < -0.4 is 5.73 Å². The van der Waals surface area contributed by atoms with Crippen LogP contribution >= 0.6 is 0 Å². The lowest BCUT2D eigenvalue weighted by molar-refractivity contribution is -0.153. The normalized spacial score (nSPS) is 38.1. The van der Waals surface area contributed by atoms with Crippen molar-refractivity contribution in [1.29, 1.82) is 0 Å². The predicted octanol–water partition coefficient (Wildman–Crippen LogP) is 7.23. The number of rotatable bonds is 9. The molecule has 3 saturated carbocycles. The third-order valence-electron chi connectivity index (χ3n) is 11.8. The maximum atomic E-state index is 12.7. The van der Waals surface area contributed by atoms with Gasteiger partial charge in [-0.3, -0.25) is 4.79 Å². The van der Waals surface area contributed by atoms with Crippen molar-refractivity contribution in [3.8, 4) is 0 Å². The van der Waals surface area contributed by atoms with Gasteiger partial charge in [-0.2, -0.15) is 0 Å². The Kier molecular flexibility index (Phi) is 8.16. The second kappa shape index (κ2) is 11.1. The number of allylic oxidation sites excluding steroid dienone is 1. The smallest absolute Gasteiger partial charge is 0.323 e. The third kappa shape index (κ3) is 5.25.